The number of hydrogen-bond acceptors (Lipinski definition) is 5. The highest BCUT2D eigenvalue weighted by molar-refractivity contribution is 5.71. The van der Waals surface area contributed by atoms with E-state index in [1.54, 1.807) is 13.8 Å². The molecule has 0 fully saturated rings. The maximum Gasteiger partial charge on any atom is 0.511 e. The van der Waals surface area contributed by atoms with Gasteiger partial charge in [-0.15, -0.1) is 0 Å². The Balaban J connectivity index is 3.55. The summed E-state index contributed by atoms with van der Waals surface area (Å²) in [6.45, 7) is 3.35. The van der Waals surface area contributed by atoms with E-state index < -0.39 is 6.16 Å². The third kappa shape index (κ3) is 2.20. The fourth-order valence-corrected chi connectivity index (χ4v) is 1.51. The molecule has 1 aromatic carbocycles. The van der Waals surface area contributed by atoms with Crippen molar-refractivity contribution < 1.29 is 29.2 Å². The summed E-state index contributed by atoms with van der Waals surface area (Å²) in [5.41, 5.74) is 1.12. The predicted molar refractivity (Wildman–Crippen MR) is 59.3 cm³/mol. The van der Waals surface area contributed by atoms with E-state index in [0.717, 1.165) is 0 Å². The highest BCUT2D eigenvalue weighted by Crippen LogP contribution is 2.48. The number of ether oxygens (including phenoxy) is 3. The van der Waals surface area contributed by atoms with Gasteiger partial charge in [-0.2, -0.15) is 0 Å². The first-order chi connectivity index (χ1) is 7.93. The van der Waals surface area contributed by atoms with E-state index in [0.29, 0.717) is 16.9 Å². The van der Waals surface area contributed by atoms with Crippen molar-refractivity contribution in [3.8, 4) is 23.0 Å². The highest BCUT2D eigenvalue weighted by atomic mass is 16.7. The SMILES string of the molecule is COc1c(C)c(C)c(O)c(OC(=O)O)c1OC. The predicted octanol–water partition coefficient (Wildman–Crippen LogP) is 2.08. The molecule has 0 aromatic heterocycles. The maximum atomic E-state index is 10.6. The van der Waals surface area contributed by atoms with Gasteiger partial charge in [0.15, 0.2) is 11.5 Å². The summed E-state index contributed by atoms with van der Waals surface area (Å²) in [6, 6.07) is 0. The van der Waals surface area contributed by atoms with Crippen LogP contribution in [0.1, 0.15) is 11.1 Å². The molecule has 0 radical (unpaired) electrons. The van der Waals surface area contributed by atoms with Gasteiger partial charge in [-0.3, -0.25) is 0 Å². The molecule has 6 heteroatoms. The quantitative estimate of drug-likeness (QED) is 0.623. The molecule has 0 amide bonds. The minimum Gasteiger partial charge on any atom is -0.504 e. The van der Waals surface area contributed by atoms with E-state index in [1.807, 2.05) is 0 Å². The molecule has 0 aliphatic heterocycles. The van der Waals surface area contributed by atoms with Gasteiger partial charge in [-0.1, -0.05) is 0 Å². The number of carbonyl (C=O) groups is 1. The van der Waals surface area contributed by atoms with Crippen molar-refractivity contribution in [3.63, 3.8) is 0 Å². The van der Waals surface area contributed by atoms with Gasteiger partial charge in [0.1, 0.15) is 0 Å². The lowest BCUT2D eigenvalue weighted by Gasteiger charge is -2.17. The highest BCUT2D eigenvalue weighted by Gasteiger charge is 2.24. The van der Waals surface area contributed by atoms with Crippen molar-refractivity contribution >= 4 is 6.16 Å². The molecule has 0 aliphatic rings. The van der Waals surface area contributed by atoms with Crippen molar-refractivity contribution in [1.82, 2.24) is 0 Å². The van der Waals surface area contributed by atoms with E-state index in [2.05, 4.69) is 4.74 Å². The lowest BCUT2D eigenvalue weighted by molar-refractivity contribution is 0.140. The normalized spacial score (nSPS) is 9.88. The average Bonchev–Trinajstić information content (AvgIpc) is 2.29. The topological polar surface area (TPSA) is 85.2 Å². The van der Waals surface area contributed by atoms with Crippen molar-refractivity contribution in [2.75, 3.05) is 14.2 Å². The molecule has 1 aromatic rings. The third-order valence-electron chi connectivity index (χ3n) is 2.48. The number of rotatable bonds is 3. The zero-order chi connectivity index (χ0) is 13.2. The van der Waals surface area contributed by atoms with Gasteiger partial charge in [-0.05, 0) is 13.8 Å². The molecular formula is C11H14O6. The summed E-state index contributed by atoms with van der Waals surface area (Å²) in [7, 11) is 2.76. The van der Waals surface area contributed by atoms with Gasteiger partial charge in [-0.25, -0.2) is 4.79 Å². The van der Waals surface area contributed by atoms with Crippen LogP contribution < -0.4 is 14.2 Å². The Kier molecular flexibility index (Phi) is 3.67. The Bertz CT molecular complexity index is 452. The Labute approximate surface area is 98.3 Å². The Morgan fingerprint density at radius 1 is 1.00 bits per heavy atom. The zero-order valence-electron chi connectivity index (χ0n) is 10.0. The van der Waals surface area contributed by atoms with Crippen LogP contribution in [0, 0.1) is 13.8 Å². The van der Waals surface area contributed by atoms with Crippen LogP contribution in [0.4, 0.5) is 4.79 Å². The van der Waals surface area contributed by atoms with E-state index in [9.17, 15) is 9.90 Å². The number of methoxy groups -OCH3 is 2. The van der Waals surface area contributed by atoms with E-state index >= 15 is 0 Å². The van der Waals surface area contributed by atoms with Crippen molar-refractivity contribution in [2.45, 2.75) is 13.8 Å². The molecule has 6 nitrogen and oxygen atoms in total. The maximum absolute atomic E-state index is 10.6. The molecule has 0 spiro atoms. The molecule has 17 heavy (non-hydrogen) atoms. The van der Waals surface area contributed by atoms with Crippen LogP contribution in [0.5, 0.6) is 23.0 Å². The second-order valence-corrected chi connectivity index (χ2v) is 3.36. The number of phenols is 1. The molecular weight excluding hydrogens is 228 g/mol. The largest absolute Gasteiger partial charge is 0.511 e. The van der Waals surface area contributed by atoms with Crippen LogP contribution in [0.25, 0.3) is 0 Å². The monoisotopic (exact) mass is 242 g/mol. The van der Waals surface area contributed by atoms with Crippen LogP contribution in [-0.2, 0) is 0 Å². The Morgan fingerprint density at radius 2 is 1.53 bits per heavy atom. The molecule has 1 rings (SSSR count). The lowest BCUT2D eigenvalue weighted by Crippen LogP contribution is -2.07. The van der Waals surface area contributed by atoms with Gasteiger partial charge in [0, 0.05) is 11.1 Å². The smallest absolute Gasteiger partial charge is 0.504 e. The third-order valence-corrected chi connectivity index (χ3v) is 2.48. The zero-order valence-corrected chi connectivity index (χ0v) is 10.0. The molecule has 0 bridgehead atoms. The summed E-state index contributed by atoms with van der Waals surface area (Å²) in [6.07, 6.45) is -1.54. The number of aromatic hydroxyl groups is 1. The van der Waals surface area contributed by atoms with Gasteiger partial charge in [0.2, 0.25) is 11.5 Å². The second-order valence-electron chi connectivity index (χ2n) is 3.36. The van der Waals surface area contributed by atoms with Gasteiger partial charge in [0.25, 0.3) is 0 Å². The van der Waals surface area contributed by atoms with E-state index in [4.69, 9.17) is 14.6 Å². The summed E-state index contributed by atoms with van der Waals surface area (Å²) >= 11 is 0. The molecule has 2 N–H and O–H groups in total. The number of carboxylic acid groups (broad SMARTS) is 1. The summed E-state index contributed by atoms with van der Waals surface area (Å²) in [5, 5.41) is 18.4. The summed E-state index contributed by atoms with van der Waals surface area (Å²) in [5.74, 6) is -0.156. The van der Waals surface area contributed by atoms with E-state index in [1.165, 1.54) is 14.2 Å². The number of hydrogen-bond donors (Lipinski definition) is 2. The Morgan fingerprint density at radius 3 is 1.94 bits per heavy atom. The second kappa shape index (κ2) is 4.82. The number of phenolic OH excluding ortho intramolecular Hbond substituents is 1. The van der Waals surface area contributed by atoms with Crippen LogP contribution >= 0.6 is 0 Å². The molecule has 0 atom stereocenters. The first-order valence-electron chi connectivity index (χ1n) is 4.78. The lowest BCUT2D eigenvalue weighted by atomic mass is 10.1. The Hall–Kier alpha value is -2.11. The molecule has 0 heterocycles. The molecule has 0 saturated carbocycles. The summed E-state index contributed by atoms with van der Waals surface area (Å²) in [4.78, 5) is 10.6. The fourth-order valence-electron chi connectivity index (χ4n) is 1.51. The van der Waals surface area contributed by atoms with Crippen molar-refractivity contribution in [2.24, 2.45) is 0 Å². The first kappa shape index (κ1) is 13.0. The van der Waals surface area contributed by atoms with Gasteiger partial charge < -0.3 is 24.4 Å². The minimum absolute atomic E-state index is 0.0514. The van der Waals surface area contributed by atoms with Crippen LogP contribution in [-0.4, -0.2) is 30.6 Å². The minimum atomic E-state index is -1.54. The molecule has 94 valence electrons. The van der Waals surface area contributed by atoms with Crippen molar-refractivity contribution in [1.29, 1.82) is 0 Å². The average molecular weight is 242 g/mol. The first-order valence-corrected chi connectivity index (χ1v) is 4.78. The van der Waals surface area contributed by atoms with Crippen LogP contribution in [0.2, 0.25) is 0 Å². The van der Waals surface area contributed by atoms with Crippen LogP contribution in [0.15, 0.2) is 0 Å². The molecule has 0 unspecified atom stereocenters. The van der Waals surface area contributed by atoms with Gasteiger partial charge >= 0.3 is 6.16 Å². The molecule has 0 aliphatic carbocycles. The van der Waals surface area contributed by atoms with Crippen LogP contribution in [0.3, 0.4) is 0 Å². The fraction of sp³-hybridized carbons (Fsp3) is 0.364. The summed E-state index contributed by atoms with van der Waals surface area (Å²) < 4.78 is 14.6. The number of benzene rings is 1. The van der Waals surface area contributed by atoms with Gasteiger partial charge in [0.05, 0.1) is 14.2 Å². The van der Waals surface area contributed by atoms with Crippen molar-refractivity contribution in [3.05, 3.63) is 11.1 Å². The van der Waals surface area contributed by atoms with E-state index in [-0.39, 0.29) is 17.2 Å². The molecule has 0 saturated heterocycles. The standard InChI is InChI=1S/C11H14O6/c1-5-6(2)8(15-3)10(16-4)9(7(5)12)17-11(13)14/h12H,1-4H3,(H,13,14).